The molecular formula is C13H16F6N4O2. The molecule has 1 aliphatic heterocycles. The minimum absolute atomic E-state index is 0.0536. The van der Waals surface area contributed by atoms with Crippen molar-refractivity contribution in [2.45, 2.75) is 44.4 Å². The molecule has 1 saturated heterocycles. The summed E-state index contributed by atoms with van der Waals surface area (Å²) < 4.78 is 81.0. The summed E-state index contributed by atoms with van der Waals surface area (Å²) in [6.07, 6.45) is -9.35. The van der Waals surface area contributed by atoms with Gasteiger partial charge in [0.15, 0.2) is 6.10 Å². The zero-order chi connectivity index (χ0) is 19.0. The Morgan fingerprint density at radius 3 is 2.56 bits per heavy atom. The Morgan fingerprint density at radius 1 is 1.36 bits per heavy atom. The van der Waals surface area contributed by atoms with E-state index in [1.54, 1.807) is 0 Å². The molecule has 6 nitrogen and oxygen atoms in total. The summed E-state index contributed by atoms with van der Waals surface area (Å²) >= 11 is 0. The van der Waals surface area contributed by atoms with Crippen LogP contribution >= 0.6 is 0 Å². The first kappa shape index (κ1) is 19.3. The molecule has 1 aromatic rings. The van der Waals surface area contributed by atoms with Crippen molar-refractivity contribution >= 4 is 11.7 Å². The standard InChI is InChI=1S/C13H16F6N4O2/c1-11(2)6-22(5-9(25-11)13(17,18)19)10(24)21-8-3-20-23(4-8)7-12(14,15)16/h3-4,9H,5-7H2,1-2H3,(H,21,24). The van der Waals surface area contributed by atoms with E-state index in [2.05, 4.69) is 10.4 Å². The van der Waals surface area contributed by atoms with Gasteiger partial charge < -0.3 is 15.0 Å². The van der Waals surface area contributed by atoms with E-state index in [1.165, 1.54) is 13.8 Å². The van der Waals surface area contributed by atoms with Crippen LogP contribution < -0.4 is 5.32 Å². The molecule has 25 heavy (non-hydrogen) atoms. The fraction of sp³-hybridized carbons (Fsp3) is 0.692. The molecule has 142 valence electrons. The Balaban J connectivity index is 2.04. The third kappa shape index (κ3) is 5.51. The molecule has 0 radical (unpaired) electrons. The van der Waals surface area contributed by atoms with Crippen molar-refractivity contribution in [3.05, 3.63) is 12.4 Å². The molecule has 1 N–H and O–H groups in total. The average Bonchev–Trinajstić information content (AvgIpc) is 2.80. The molecule has 0 spiro atoms. The monoisotopic (exact) mass is 374 g/mol. The summed E-state index contributed by atoms with van der Waals surface area (Å²) in [4.78, 5) is 13.1. The number of ether oxygens (including phenoxy) is 1. The van der Waals surface area contributed by atoms with Gasteiger partial charge in [0.2, 0.25) is 0 Å². The number of rotatable bonds is 2. The van der Waals surface area contributed by atoms with Gasteiger partial charge in [0.25, 0.3) is 0 Å². The topological polar surface area (TPSA) is 59.4 Å². The number of carbonyl (C=O) groups is 1. The molecule has 0 saturated carbocycles. The van der Waals surface area contributed by atoms with E-state index < -0.39 is 43.2 Å². The summed E-state index contributed by atoms with van der Waals surface area (Å²) in [7, 11) is 0. The van der Waals surface area contributed by atoms with E-state index >= 15 is 0 Å². The maximum absolute atomic E-state index is 12.9. The molecule has 1 atom stereocenters. The Hall–Kier alpha value is -1.98. The minimum atomic E-state index is -4.65. The van der Waals surface area contributed by atoms with Crippen LogP contribution in [0.25, 0.3) is 0 Å². The van der Waals surface area contributed by atoms with Crippen LogP contribution in [0.3, 0.4) is 0 Å². The Kier molecular flexibility index (Phi) is 4.94. The van der Waals surface area contributed by atoms with Crippen molar-refractivity contribution in [2.75, 3.05) is 18.4 Å². The number of amides is 2. The van der Waals surface area contributed by atoms with E-state index in [-0.39, 0.29) is 12.2 Å². The van der Waals surface area contributed by atoms with E-state index in [0.29, 0.717) is 4.68 Å². The van der Waals surface area contributed by atoms with E-state index in [0.717, 1.165) is 17.3 Å². The molecule has 2 amide bonds. The number of urea groups is 1. The molecule has 2 heterocycles. The number of carbonyl (C=O) groups excluding carboxylic acids is 1. The number of alkyl halides is 6. The highest BCUT2D eigenvalue weighted by molar-refractivity contribution is 5.89. The van der Waals surface area contributed by atoms with Gasteiger partial charge in [-0.25, -0.2) is 4.79 Å². The van der Waals surface area contributed by atoms with Crippen molar-refractivity contribution in [3.63, 3.8) is 0 Å². The van der Waals surface area contributed by atoms with Crippen LogP contribution in [0.1, 0.15) is 13.8 Å². The largest absolute Gasteiger partial charge is 0.416 e. The van der Waals surface area contributed by atoms with Gasteiger partial charge in [-0.15, -0.1) is 0 Å². The number of morpholine rings is 1. The molecular weight excluding hydrogens is 358 g/mol. The lowest BCUT2D eigenvalue weighted by molar-refractivity contribution is -0.267. The highest BCUT2D eigenvalue weighted by Gasteiger charge is 2.49. The summed E-state index contributed by atoms with van der Waals surface area (Å²) in [5, 5.41) is 5.68. The lowest BCUT2D eigenvalue weighted by Crippen LogP contribution is -2.59. The molecule has 1 aliphatic rings. The first-order chi connectivity index (χ1) is 11.3. The SMILES string of the molecule is CC1(C)CN(C(=O)Nc2cnn(CC(F)(F)F)c2)CC(C(F)(F)F)O1. The number of anilines is 1. The number of nitrogens with one attached hydrogen (secondary N) is 1. The van der Waals surface area contributed by atoms with Crippen LogP contribution in [-0.2, 0) is 11.3 Å². The third-order valence-corrected chi connectivity index (χ3v) is 3.30. The first-order valence-electron chi connectivity index (χ1n) is 7.15. The van der Waals surface area contributed by atoms with Gasteiger partial charge in [-0.05, 0) is 13.8 Å². The van der Waals surface area contributed by atoms with Crippen molar-refractivity contribution in [1.29, 1.82) is 0 Å². The van der Waals surface area contributed by atoms with Crippen molar-refractivity contribution in [2.24, 2.45) is 0 Å². The summed E-state index contributed by atoms with van der Waals surface area (Å²) in [5.41, 5.74) is -1.28. The van der Waals surface area contributed by atoms with Gasteiger partial charge in [-0.2, -0.15) is 31.4 Å². The predicted molar refractivity (Wildman–Crippen MR) is 73.9 cm³/mol. The molecule has 1 aromatic heterocycles. The van der Waals surface area contributed by atoms with Crippen molar-refractivity contribution in [3.8, 4) is 0 Å². The molecule has 1 unspecified atom stereocenters. The number of aromatic nitrogens is 2. The van der Waals surface area contributed by atoms with Crippen LogP contribution in [0.4, 0.5) is 36.8 Å². The van der Waals surface area contributed by atoms with Gasteiger partial charge in [0.05, 0.1) is 30.6 Å². The van der Waals surface area contributed by atoms with Crippen molar-refractivity contribution < 1.29 is 35.9 Å². The van der Waals surface area contributed by atoms with Crippen LogP contribution in [0.2, 0.25) is 0 Å². The normalized spacial score (nSPS) is 21.3. The molecule has 0 aliphatic carbocycles. The summed E-state index contributed by atoms with van der Waals surface area (Å²) in [6, 6.07) is -0.878. The van der Waals surface area contributed by atoms with Crippen molar-refractivity contribution in [1.82, 2.24) is 14.7 Å². The second-order valence-electron chi connectivity index (χ2n) is 6.26. The van der Waals surface area contributed by atoms with Gasteiger partial charge in [0.1, 0.15) is 6.54 Å². The maximum atomic E-state index is 12.9. The Bertz CT molecular complexity index is 625. The quantitative estimate of drug-likeness (QED) is 0.810. The zero-order valence-electron chi connectivity index (χ0n) is 13.3. The molecule has 1 fully saturated rings. The fourth-order valence-electron chi connectivity index (χ4n) is 2.41. The third-order valence-electron chi connectivity index (χ3n) is 3.30. The Labute approximate surface area is 138 Å². The van der Waals surface area contributed by atoms with Crippen LogP contribution in [0.5, 0.6) is 0 Å². The molecule has 0 aromatic carbocycles. The highest BCUT2D eigenvalue weighted by Crippen LogP contribution is 2.32. The second kappa shape index (κ2) is 6.39. The first-order valence-corrected chi connectivity index (χ1v) is 7.15. The summed E-state index contributed by atoms with van der Waals surface area (Å²) in [6.45, 7) is 0.653. The van der Waals surface area contributed by atoms with E-state index in [1.807, 2.05) is 0 Å². The fourth-order valence-corrected chi connectivity index (χ4v) is 2.41. The van der Waals surface area contributed by atoms with Crippen LogP contribution in [0, 0.1) is 0 Å². The molecule has 2 rings (SSSR count). The van der Waals surface area contributed by atoms with Gasteiger partial charge >= 0.3 is 18.4 Å². The lowest BCUT2D eigenvalue weighted by atomic mass is 10.1. The summed E-state index contributed by atoms with van der Waals surface area (Å²) in [5.74, 6) is 0. The maximum Gasteiger partial charge on any atom is 0.416 e. The molecule has 12 heteroatoms. The highest BCUT2D eigenvalue weighted by atomic mass is 19.4. The number of hydrogen-bond donors (Lipinski definition) is 1. The predicted octanol–water partition coefficient (Wildman–Crippen LogP) is 3.02. The van der Waals surface area contributed by atoms with Crippen LogP contribution in [0.15, 0.2) is 12.4 Å². The zero-order valence-corrected chi connectivity index (χ0v) is 13.3. The van der Waals surface area contributed by atoms with E-state index in [9.17, 15) is 31.1 Å². The Morgan fingerprint density at radius 2 is 2.00 bits per heavy atom. The number of hydrogen-bond acceptors (Lipinski definition) is 3. The number of nitrogens with zero attached hydrogens (tertiary/aromatic N) is 3. The lowest BCUT2D eigenvalue weighted by Gasteiger charge is -2.42. The minimum Gasteiger partial charge on any atom is -0.359 e. The van der Waals surface area contributed by atoms with Gasteiger partial charge in [-0.1, -0.05) is 0 Å². The second-order valence-corrected chi connectivity index (χ2v) is 6.26. The van der Waals surface area contributed by atoms with Crippen LogP contribution in [-0.4, -0.2) is 57.9 Å². The average molecular weight is 374 g/mol. The van der Waals surface area contributed by atoms with Gasteiger partial charge in [0, 0.05) is 6.20 Å². The molecule has 0 bridgehead atoms. The smallest absolute Gasteiger partial charge is 0.359 e. The van der Waals surface area contributed by atoms with Gasteiger partial charge in [-0.3, -0.25) is 4.68 Å². The van der Waals surface area contributed by atoms with E-state index in [4.69, 9.17) is 4.74 Å². The number of halogens is 6.